The first-order valence-electron chi connectivity index (χ1n) is 5.18. The number of aromatic nitrogens is 1. The molecule has 0 bridgehead atoms. The number of benzene rings is 1. The summed E-state index contributed by atoms with van der Waals surface area (Å²) < 4.78 is 13.3. The van der Waals surface area contributed by atoms with Crippen LogP contribution >= 0.6 is 22.9 Å². The normalized spacial score (nSPS) is 10.4. The van der Waals surface area contributed by atoms with Crippen LogP contribution in [0.15, 0.2) is 23.6 Å². The first kappa shape index (κ1) is 13.0. The van der Waals surface area contributed by atoms with Gasteiger partial charge in [-0.05, 0) is 24.6 Å². The van der Waals surface area contributed by atoms with Crippen molar-refractivity contribution in [2.24, 2.45) is 0 Å². The van der Waals surface area contributed by atoms with E-state index in [9.17, 15) is 9.18 Å². The van der Waals surface area contributed by atoms with E-state index in [1.165, 1.54) is 17.4 Å². The highest BCUT2D eigenvalue weighted by Gasteiger charge is 2.10. The highest BCUT2D eigenvalue weighted by atomic mass is 35.5. The lowest BCUT2D eigenvalue weighted by Crippen LogP contribution is -2.12. The lowest BCUT2D eigenvalue weighted by molar-refractivity contribution is 0.102. The third kappa shape index (κ3) is 2.86. The molecular weight excluding hydrogens is 275 g/mol. The van der Waals surface area contributed by atoms with Gasteiger partial charge in [0.2, 0.25) is 0 Å². The standard InChI is InChI=1S/C12H10ClFN2OS/c1-7-2-3-8(4-10(7)14)11(17)16-12-15-9(5-13)6-18-12/h2-4,6H,5H2,1H3,(H,15,16,17). The summed E-state index contributed by atoms with van der Waals surface area (Å²) in [5.74, 6) is -0.487. The number of nitrogens with zero attached hydrogens (tertiary/aromatic N) is 1. The van der Waals surface area contributed by atoms with Crippen molar-refractivity contribution in [3.05, 3.63) is 46.2 Å². The summed E-state index contributed by atoms with van der Waals surface area (Å²) in [4.78, 5) is 15.9. The number of carbonyl (C=O) groups excluding carboxylic acids is 1. The van der Waals surface area contributed by atoms with Crippen LogP contribution in [-0.4, -0.2) is 10.9 Å². The lowest BCUT2D eigenvalue weighted by atomic mass is 10.1. The first-order valence-corrected chi connectivity index (χ1v) is 6.59. The molecule has 0 spiro atoms. The summed E-state index contributed by atoms with van der Waals surface area (Å²) in [7, 11) is 0. The van der Waals surface area contributed by atoms with Crippen molar-refractivity contribution in [3.8, 4) is 0 Å². The zero-order valence-corrected chi connectivity index (χ0v) is 11.1. The number of aryl methyl sites for hydroxylation is 1. The molecule has 0 aliphatic carbocycles. The van der Waals surface area contributed by atoms with E-state index < -0.39 is 5.82 Å². The minimum Gasteiger partial charge on any atom is -0.298 e. The molecule has 1 N–H and O–H groups in total. The number of nitrogens with one attached hydrogen (secondary N) is 1. The van der Waals surface area contributed by atoms with Crippen molar-refractivity contribution in [1.82, 2.24) is 4.98 Å². The van der Waals surface area contributed by atoms with Crippen LogP contribution in [0, 0.1) is 12.7 Å². The molecule has 18 heavy (non-hydrogen) atoms. The van der Waals surface area contributed by atoms with Gasteiger partial charge in [0.05, 0.1) is 11.6 Å². The van der Waals surface area contributed by atoms with E-state index in [-0.39, 0.29) is 11.5 Å². The molecule has 6 heteroatoms. The third-order valence-corrected chi connectivity index (χ3v) is 3.42. The van der Waals surface area contributed by atoms with Crippen molar-refractivity contribution >= 4 is 34.0 Å². The highest BCUT2D eigenvalue weighted by Crippen LogP contribution is 2.18. The molecule has 2 aromatic rings. The maximum Gasteiger partial charge on any atom is 0.257 e. The second kappa shape index (κ2) is 5.46. The number of thiazole rings is 1. The molecule has 0 saturated heterocycles. The van der Waals surface area contributed by atoms with Gasteiger partial charge in [0.15, 0.2) is 5.13 Å². The van der Waals surface area contributed by atoms with Crippen LogP contribution < -0.4 is 5.32 Å². The number of amides is 1. The van der Waals surface area contributed by atoms with E-state index in [1.807, 2.05) is 0 Å². The maximum atomic E-state index is 13.3. The van der Waals surface area contributed by atoms with Gasteiger partial charge in [-0.25, -0.2) is 9.37 Å². The SMILES string of the molecule is Cc1ccc(C(=O)Nc2nc(CCl)cs2)cc1F. The predicted molar refractivity (Wildman–Crippen MR) is 70.8 cm³/mol. The Bertz CT molecular complexity index is 585. The molecule has 3 nitrogen and oxygen atoms in total. The first-order chi connectivity index (χ1) is 8.60. The Morgan fingerprint density at radius 1 is 1.56 bits per heavy atom. The van der Waals surface area contributed by atoms with Gasteiger partial charge in [0.1, 0.15) is 5.82 Å². The molecule has 0 aliphatic heterocycles. The van der Waals surface area contributed by atoms with Gasteiger partial charge in [0, 0.05) is 10.9 Å². The Morgan fingerprint density at radius 2 is 2.33 bits per heavy atom. The number of rotatable bonds is 3. The number of halogens is 2. The minimum absolute atomic E-state index is 0.265. The van der Waals surface area contributed by atoms with E-state index in [2.05, 4.69) is 10.3 Å². The van der Waals surface area contributed by atoms with Crippen LogP contribution in [0.25, 0.3) is 0 Å². The average molecular weight is 285 g/mol. The Morgan fingerprint density at radius 3 is 2.94 bits per heavy atom. The Balaban J connectivity index is 2.14. The van der Waals surface area contributed by atoms with Crippen LogP contribution in [-0.2, 0) is 5.88 Å². The zero-order chi connectivity index (χ0) is 13.1. The van der Waals surface area contributed by atoms with Crippen molar-refractivity contribution in [2.45, 2.75) is 12.8 Å². The van der Waals surface area contributed by atoms with Gasteiger partial charge in [-0.15, -0.1) is 22.9 Å². The van der Waals surface area contributed by atoms with Crippen LogP contribution in [0.2, 0.25) is 0 Å². The highest BCUT2D eigenvalue weighted by molar-refractivity contribution is 7.14. The summed E-state index contributed by atoms with van der Waals surface area (Å²) in [6.07, 6.45) is 0. The number of hydrogen-bond donors (Lipinski definition) is 1. The van der Waals surface area contributed by atoms with Gasteiger partial charge in [-0.3, -0.25) is 10.1 Å². The molecule has 0 fully saturated rings. The predicted octanol–water partition coefficient (Wildman–Crippen LogP) is 3.58. The minimum atomic E-state index is -0.400. The van der Waals surface area contributed by atoms with Gasteiger partial charge < -0.3 is 0 Å². The number of hydrogen-bond acceptors (Lipinski definition) is 3. The van der Waals surface area contributed by atoms with E-state index in [1.54, 1.807) is 24.4 Å². The molecule has 0 atom stereocenters. The molecule has 0 saturated carbocycles. The van der Waals surface area contributed by atoms with Gasteiger partial charge in [0.25, 0.3) is 5.91 Å². The van der Waals surface area contributed by atoms with E-state index in [0.29, 0.717) is 22.3 Å². The van der Waals surface area contributed by atoms with Gasteiger partial charge in [-0.1, -0.05) is 6.07 Å². The van der Waals surface area contributed by atoms with Crippen molar-refractivity contribution in [3.63, 3.8) is 0 Å². The van der Waals surface area contributed by atoms with Crippen molar-refractivity contribution < 1.29 is 9.18 Å². The second-order valence-corrected chi connectivity index (χ2v) is 4.82. The summed E-state index contributed by atoms with van der Waals surface area (Å²) in [6.45, 7) is 1.64. The molecular formula is C12H10ClFN2OS. The monoisotopic (exact) mass is 284 g/mol. The Hall–Kier alpha value is -1.46. The fourth-order valence-corrected chi connectivity index (χ4v) is 2.26. The number of anilines is 1. The van der Waals surface area contributed by atoms with E-state index in [4.69, 9.17) is 11.6 Å². The molecule has 94 valence electrons. The van der Waals surface area contributed by atoms with Crippen LogP contribution in [0.4, 0.5) is 9.52 Å². The molecule has 0 radical (unpaired) electrons. The fraction of sp³-hybridized carbons (Fsp3) is 0.167. The molecule has 1 heterocycles. The van der Waals surface area contributed by atoms with E-state index in [0.717, 1.165) is 0 Å². The Kier molecular flexibility index (Phi) is 3.93. The quantitative estimate of drug-likeness (QED) is 0.875. The molecule has 2 rings (SSSR count). The van der Waals surface area contributed by atoms with Gasteiger partial charge in [-0.2, -0.15) is 0 Å². The maximum absolute atomic E-state index is 13.3. The summed E-state index contributed by atoms with van der Waals surface area (Å²) in [5, 5.41) is 4.82. The van der Waals surface area contributed by atoms with Crippen LogP contribution in [0.3, 0.4) is 0 Å². The average Bonchev–Trinajstić information content (AvgIpc) is 2.80. The summed E-state index contributed by atoms with van der Waals surface area (Å²) in [5.41, 5.74) is 1.47. The zero-order valence-electron chi connectivity index (χ0n) is 9.54. The largest absolute Gasteiger partial charge is 0.298 e. The summed E-state index contributed by atoms with van der Waals surface area (Å²) >= 11 is 6.90. The van der Waals surface area contributed by atoms with Crippen molar-refractivity contribution in [2.75, 3.05) is 5.32 Å². The topological polar surface area (TPSA) is 42.0 Å². The number of alkyl halides is 1. The van der Waals surface area contributed by atoms with Crippen LogP contribution in [0.5, 0.6) is 0 Å². The molecule has 0 aliphatic rings. The van der Waals surface area contributed by atoms with Crippen LogP contribution in [0.1, 0.15) is 21.6 Å². The molecule has 1 amide bonds. The van der Waals surface area contributed by atoms with Gasteiger partial charge >= 0.3 is 0 Å². The molecule has 1 aromatic carbocycles. The molecule has 0 unspecified atom stereocenters. The lowest BCUT2D eigenvalue weighted by Gasteiger charge is -2.03. The fourth-order valence-electron chi connectivity index (χ4n) is 1.33. The van der Waals surface area contributed by atoms with E-state index >= 15 is 0 Å². The van der Waals surface area contributed by atoms with Crippen molar-refractivity contribution in [1.29, 1.82) is 0 Å². The summed E-state index contributed by atoms with van der Waals surface area (Å²) in [6, 6.07) is 4.35. The Labute approximate surface area is 113 Å². The molecule has 1 aromatic heterocycles. The second-order valence-electron chi connectivity index (χ2n) is 3.70. The smallest absolute Gasteiger partial charge is 0.257 e. The third-order valence-electron chi connectivity index (χ3n) is 2.34. The number of carbonyl (C=O) groups is 1.